The Balaban J connectivity index is 2.55. The van der Waals surface area contributed by atoms with Gasteiger partial charge in [0.25, 0.3) is 0 Å². The molecule has 2 N–H and O–H groups in total. The zero-order valence-electron chi connectivity index (χ0n) is 6.66. The smallest absolute Gasteiger partial charge is 0.246 e. The Hall–Kier alpha value is -0.770. The van der Waals surface area contributed by atoms with E-state index in [0.717, 1.165) is 11.9 Å². The Kier molecular flexibility index (Phi) is 3.34. The fraction of sp³-hybridized carbons (Fsp3) is 0.375. The summed E-state index contributed by atoms with van der Waals surface area (Å²) < 4.78 is 0. The topological polar surface area (TPSA) is 46.3 Å². The Morgan fingerprint density at radius 2 is 2.50 bits per heavy atom. The van der Waals surface area contributed by atoms with Gasteiger partial charge in [0.05, 0.1) is 0 Å². The van der Waals surface area contributed by atoms with Gasteiger partial charge in [0, 0.05) is 24.0 Å². The molecule has 1 aliphatic rings. The van der Waals surface area contributed by atoms with Gasteiger partial charge in [-0.1, -0.05) is 22.0 Å². The largest absolute Gasteiger partial charge is 0.372 e. The van der Waals surface area contributed by atoms with Crippen LogP contribution < -0.4 is 5.73 Å². The molecule has 0 fully saturated rings. The fourth-order valence-electron chi connectivity index (χ4n) is 1.03. The molecule has 0 aromatic heterocycles. The van der Waals surface area contributed by atoms with Gasteiger partial charge in [0.1, 0.15) is 0 Å². The molecule has 0 aromatic carbocycles. The molecule has 0 radical (unpaired) electrons. The maximum Gasteiger partial charge on any atom is 0.246 e. The van der Waals surface area contributed by atoms with Gasteiger partial charge in [-0.2, -0.15) is 0 Å². The molecule has 0 saturated heterocycles. The molecule has 0 spiro atoms. The van der Waals surface area contributed by atoms with E-state index in [1.54, 1.807) is 6.08 Å². The second kappa shape index (κ2) is 4.30. The highest BCUT2D eigenvalue weighted by molar-refractivity contribution is 9.09. The van der Waals surface area contributed by atoms with Crippen LogP contribution in [0, 0.1) is 0 Å². The number of hydrogen-bond acceptors (Lipinski definition) is 2. The van der Waals surface area contributed by atoms with Crippen LogP contribution in [0.2, 0.25) is 0 Å². The van der Waals surface area contributed by atoms with E-state index in [-0.39, 0.29) is 5.91 Å². The van der Waals surface area contributed by atoms with Gasteiger partial charge >= 0.3 is 0 Å². The van der Waals surface area contributed by atoms with Gasteiger partial charge in [0.15, 0.2) is 0 Å². The number of alkyl halides is 1. The molecular formula is C8H11BrN2O. The third-order valence-electron chi connectivity index (χ3n) is 1.66. The number of halogens is 1. The zero-order chi connectivity index (χ0) is 8.97. The first-order valence-electron chi connectivity index (χ1n) is 3.71. The summed E-state index contributed by atoms with van der Waals surface area (Å²) in [5.41, 5.74) is 5.81. The van der Waals surface area contributed by atoms with E-state index in [1.807, 2.05) is 17.2 Å². The maximum atomic E-state index is 10.8. The van der Waals surface area contributed by atoms with Crippen molar-refractivity contribution >= 4 is 21.8 Å². The van der Waals surface area contributed by atoms with Gasteiger partial charge in [-0.3, -0.25) is 4.79 Å². The minimum atomic E-state index is -0.334. The monoisotopic (exact) mass is 230 g/mol. The van der Waals surface area contributed by atoms with E-state index in [9.17, 15) is 4.79 Å². The van der Waals surface area contributed by atoms with Crippen LogP contribution in [0.15, 0.2) is 23.9 Å². The number of nitrogens with zero attached hydrogens (tertiary/aromatic N) is 1. The average molecular weight is 231 g/mol. The summed E-state index contributed by atoms with van der Waals surface area (Å²) in [4.78, 5) is 12.8. The van der Waals surface area contributed by atoms with E-state index in [4.69, 9.17) is 5.73 Å². The lowest BCUT2D eigenvalue weighted by molar-refractivity contribution is -0.114. The molecule has 1 rings (SSSR count). The van der Waals surface area contributed by atoms with Gasteiger partial charge in [-0.25, -0.2) is 0 Å². The van der Waals surface area contributed by atoms with Crippen LogP contribution in [-0.4, -0.2) is 29.2 Å². The minimum Gasteiger partial charge on any atom is -0.372 e. The van der Waals surface area contributed by atoms with Crippen molar-refractivity contribution in [3.63, 3.8) is 0 Å². The van der Waals surface area contributed by atoms with Crippen LogP contribution in [-0.2, 0) is 4.79 Å². The van der Waals surface area contributed by atoms with Crippen molar-refractivity contribution < 1.29 is 4.79 Å². The highest BCUT2D eigenvalue weighted by Gasteiger charge is 2.10. The first kappa shape index (κ1) is 9.32. The van der Waals surface area contributed by atoms with Crippen molar-refractivity contribution in [1.29, 1.82) is 0 Å². The Bertz CT molecular complexity index is 235. The molecule has 0 aromatic rings. The Morgan fingerprint density at radius 1 is 1.75 bits per heavy atom. The molecule has 0 aliphatic carbocycles. The van der Waals surface area contributed by atoms with Crippen molar-refractivity contribution in [3.05, 3.63) is 23.9 Å². The second-order valence-corrected chi connectivity index (χ2v) is 3.35. The number of rotatable bonds is 3. The molecular weight excluding hydrogens is 220 g/mol. The zero-order valence-corrected chi connectivity index (χ0v) is 8.25. The summed E-state index contributed by atoms with van der Waals surface area (Å²) in [5.74, 6) is -0.334. The lowest BCUT2D eigenvalue weighted by Gasteiger charge is -2.22. The van der Waals surface area contributed by atoms with Gasteiger partial charge < -0.3 is 10.6 Å². The van der Waals surface area contributed by atoms with Crippen molar-refractivity contribution in [3.8, 4) is 0 Å². The van der Waals surface area contributed by atoms with Crippen LogP contribution in [0.3, 0.4) is 0 Å². The van der Waals surface area contributed by atoms with E-state index in [1.165, 1.54) is 0 Å². The van der Waals surface area contributed by atoms with E-state index in [2.05, 4.69) is 15.9 Å². The van der Waals surface area contributed by atoms with Crippen LogP contribution in [0.4, 0.5) is 0 Å². The molecule has 0 unspecified atom stereocenters. The van der Waals surface area contributed by atoms with Crippen LogP contribution in [0.1, 0.15) is 0 Å². The maximum absolute atomic E-state index is 10.8. The molecule has 0 atom stereocenters. The first-order valence-corrected chi connectivity index (χ1v) is 4.83. The molecule has 1 heterocycles. The number of allylic oxidation sites excluding steroid dienone is 2. The van der Waals surface area contributed by atoms with Gasteiger partial charge in [-0.05, 0) is 12.3 Å². The van der Waals surface area contributed by atoms with Crippen LogP contribution in [0.25, 0.3) is 0 Å². The quantitative estimate of drug-likeness (QED) is 0.724. The SMILES string of the molecule is NC(=O)C1=CC=CN(CCBr)C1. The lowest BCUT2D eigenvalue weighted by atomic mass is 10.2. The fourth-order valence-corrected chi connectivity index (χ4v) is 1.48. The number of primary amides is 1. The summed E-state index contributed by atoms with van der Waals surface area (Å²) in [6, 6.07) is 0. The molecule has 0 bridgehead atoms. The standard InChI is InChI=1S/C8H11BrN2O/c9-3-5-11-4-1-2-7(6-11)8(10)12/h1-2,4H,3,5-6H2,(H2,10,12). The molecule has 3 nitrogen and oxygen atoms in total. The third kappa shape index (κ3) is 2.37. The molecule has 1 aliphatic heterocycles. The average Bonchev–Trinajstić information content (AvgIpc) is 2.05. The Labute approximate surface area is 80.0 Å². The van der Waals surface area contributed by atoms with Crippen molar-refractivity contribution in [2.24, 2.45) is 5.73 Å². The second-order valence-electron chi connectivity index (χ2n) is 2.56. The predicted molar refractivity (Wildman–Crippen MR) is 51.8 cm³/mol. The van der Waals surface area contributed by atoms with Crippen LogP contribution in [0.5, 0.6) is 0 Å². The summed E-state index contributed by atoms with van der Waals surface area (Å²) >= 11 is 3.33. The third-order valence-corrected chi connectivity index (χ3v) is 2.01. The summed E-state index contributed by atoms with van der Waals surface area (Å²) in [5, 5.41) is 0.892. The molecule has 4 heteroatoms. The Morgan fingerprint density at radius 3 is 3.08 bits per heavy atom. The summed E-state index contributed by atoms with van der Waals surface area (Å²) in [6.07, 6.45) is 5.55. The summed E-state index contributed by atoms with van der Waals surface area (Å²) in [6.45, 7) is 1.51. The van der Waals surface area contributed by atoms with Crippen molar-refractivity contribution in [2.75, 3.05) is 18.4 Å². The first-order chi connectivity index (χ1) is 5.74. The van der Waals surface area contributed by atoms with Crippen molar-refractivity contribution in [2.45, 2.75) is 0 Å². The van der Waals surface area contributed by atoms with E-state index in [0.29, 0.717) is 12.1 Å². The molecule has 12 heavy (non-hydrogen) atoms. The lowest BCUT2D eigenvalue weighted by Crippen LogP contribution is -2.29. The van der Waals surface area contributed by atoms with Gasteiger partial charge in [0.2, 0.25) is 5.91 Å². The number of hydrogen-bond donors (Lipinski definition) is 1. The van der Waals surface area contributed by atoms with Gasteiger partial charge in [-0.15, -0.1) is 0 Å². The molecule has 1 amide bonds. The van der Waals surface area contributed by atoms with E-state index >= 15 is 0 Å². The van der Waals surface area contributed by atoms with Crippen molar-refractivity contribution in [1.82, 2.24) is 4.90 Å². The highest BCUT2D eigenvalue weighted by Crippen LogP contribution is 2.06. The minimum absolute atomic E-state index is 0.334. The predicted octanol–water partition coefficient (Wildman–Crippen LogP) is 0.622. The highest BCUT2D eigenvalue weighted by atomic mass is 79.9. The normalized spacial score (nSPS) is 16.1. The number of carbonyl (C=O) groups excluding carboxylic acids is 1. The van der Waals surface area contributed by atoms with Crippen LogP contribution >= 0.6 is 15.9 Å². The molecule has 66 valence electrons. The number of carbonyl (C=O) groups is 1. The van der Waals surface area contributed by atoms with E-state index < -0.39 is 0 Å². The summed E-state index contributed by atoms with van der Waals surface area (Å²) in [7, 11) is 0. The number of amides is 1. The number of nitrogens with two attached hydrogens (primary N) is 1. The molecule has 0 saturated carbocycles.